The summed E-state index contributed by atoms with van der Waals surface area (Å²) in [6.45, 7) is 2.14. The predicted octanol–water partition coefficient (Wildman–Crippen LogP) is 2.48. The minimum absolute atomic E-state index is 0.106. The molecule has 0 atom stereocenters. The topological polar surface area (TPSA) is 17.1 Å². The van der Waals surface area contributed by atoms with Gasteiger partial charge in [-0.2, -0.15) is 0 Å². The van der Waals surface area contributed by atoms with Crippen molar-refractivity contribution in [3.05, 3.63) is 35.4 Å². The average Bonchev–Trinajstić information content (AvgIpc) is 2.99. The van der Waals surface area contributed by atoms with Gasteiger partial charge in [0.05, 0.1) is 5.41 Å². The van der Waals surface area contributed by atoms with Crippen LogP contribution in [0.5, 0.6) is 0 Å². The fourth-order valence-corrected chi connectivity index (χ4v) is 1.71. The van der Waals surface area contributed by atoms with Crippen LogP contribution in [0.2, 0.25) is 0 Å². The molecule has 0 bridgehead atoms. The fourth-order valence-electron chi connectivity index (χ4n) is 1.71. The van der Waals surface area contributed by atoms with Crippen LogP contribution in [0.25, 0.3) is 0 Å². The van der Waals surface area contributed by atoms with Crippen LogP contribution in [0.15, 0.2) is 24.3 Å². The third-order valence-corrected chi connectivity index (χ3v) is 2.92. The molecule has 1 aliphatic carbocycles. The van der Waals surface area contributed by atoms with E-state index in [1.807, 2.05) is 0 Å². The molecule has 2 rings (SSSR count). The second-order valence-electron chi connectivity index (χ2n) is 3.83. The van der Waals surface area contributed by atoms with Crippen LogP contribution in [0.4, 0.5) is 0 Å². The number of rotatable bonds is 3. The van der Waals surface area contributed by atoms with E-state index in [9.17, 15) is 4.79 Å². The first-order chi connectivity index (χ1) is 6.30. The van der Waals surface area contributed by atoms with Crippen molar-refractivity contribution in [1.82, 2.24) is 0 Å². The molecule has 0 N–H and O–H groups in total. The van der Waals surface area contributed by atoms with Crippen molar-refractivity contribution < 1.29 is 4.79 Å². The van der Waals surface area contributed by atoms with Gasteiger partial charge in [-0.25, -0.2) is 0 Å². The molecule has 1 aromatic rings. The molecule has 13 heavy (non-hydrogen) atoms. The van der Waals surface area contributed by atoms with Crippen molar-refractivity contribution in [2.45, 2.75) is 31.6 Å². The molecule has 0 aromatic heterocycles. The van der Waals surface area contributed by atoms with E-state index in [1.165, 1.54) is 11.1 Å². The van der Waals surface area contributed by atoms with Crippen LogP contribution in [0.3, 0.4) is 0 Å². The highest BCUT2D eigenvalue weighted by Gasteiger charge is 2.44. The van der Waals surface area contributed by atoms with Crippen molar-refractivity contribution >= 4 is 6.29 Å². The third-order valence-electron chi connectivity index (χ3n) is 2.92. The van der Waals surface area contributed by atoms with Crippen LogP contribution in [0.1, 0.15) is 30.9 Å². The van der Waals surface area contributed by atoms with Crippen molar-refractivity contribution in [2.24, 2.45) is 0 Å². The first-order valence-electron chi connectivity index (χ1n) is 4.86. The van der Waals surface area contributed by atoms with Gasteiger partial charge in [0.2, 0.25) is 0 Å². The highest BCUT2D eigenvalue weighted by molar-refractivity contribution is 5.73. The second-order valence-corrected chi connectivity index (χ2v) is 3.83. The Bertz CT molecular complexity index is 324. The van der Waals surface area contributed by atoms with E-state index < -0.39 is 0 Å². The predicted molar refractivity (Wildman–Crippen MR) is 52.8 cm³/mol. The normalized spacial score (nSPS) is 18.2. The molecule has 0 saturated heterocycles. The first-order valence-corrected chi connectivity index (χ1v) is 4.86. The van der Waals surface area contributed by atoms with Crippen LogP contribution in [-0.2, 0) is 16.6 Å². The Morgan fingerprint density at radius 3 is 2.77 bits per heavy atom. The van der Waals surface area contributed by atoms with E-state index in [2.05, 4.69) is 31.2 Å². The standard InChI is InChI=1S/C12H14O/c1-2-10-4-3-5-11(8-10)12(9-13)6-7-12/h3-5,8-9H,2,6-7H2,1H3. The van der Waals surface area contributed by atoms with Crippen molar-refractivity contribution in [2.75, 3.05) is 0 Å². The zero-order chi connectivity index (χ0) is 9.31. The maximum atomic E-state index is 10.9. The summed E-state index contributed by atoms with van der Waals surface area (Å²) in [5.74, 6) is 0. The van der Waals surface area contributed by atoms with E-state index in [1.54, 1.807) is 0 Å². The Balaban J connectivity index is 2.35. The summed E-state index contributed by atoms with van der Waals surface area (Å²) >= 11 is 0. The zero-order valence-corrected chi connectivity index (χ0v) is 7.92. The van der Waals surface area contributed by atoms with Gasteiger partial charge in [0.15, 0.2) is 0 Å². The van der Waals surface area contributed by atoms with Gasteiger partial charge in [0.1, 0.15) is 6.29 Å². The molecule has 1 aliphatic rings. The molecule has 0 amide bonds. The summed E-state index contributed by atoms with van der Waals surface area (Å²) in [7, 11) is 0. The maximum absolute atomic E-state index is 10.9. The summed E-state index contributed by atoms with van der Waals surface area (Å²) in [5.41, 5.74) is 2.43. The zero-order valence-electron chi connectivity index (χ0n) is 7.92. The third kappa shape index (κ3) is 1.39. The van der Waals surface area contributed by atoms with E-state index in [4.69, 9.17) is 0 Å². The lowest BCUT2D eigenvalue weighted by Crippen LogP contribution is -2.07. The summed E-state index contributed by atoms with van der Waals surface area (Å²) in [4.78, 5) is 10.9. The lowest BCUT2D eigenvalue weighted by Gasteiger charge is -2.08. The highest BCUT2D eigenvalue weighted by atomic mass is 16.1. The first kappa shape index (κ1) is 8.49. The van der Waals surface area contributed by atoms with Gasteiger partial charge in [-0.05, 0) is 30.4 Å². The van der Waals surface area contributed by atoms with Gasteiger partial charge in [0, 0.05) is 0 Å². The summed E-state index contributed by atoms with van der Waals surface area (Å²) in [5, 5.41) is 0. The molecule has 0 heterocycles. The summed E-state index contributed by atoms with van der Waals surface area (Å²) in [6.07, 6.45) is 4.22. The van der Waals surface area contributed by atoms with Gasteiger partial charge in [-0.3, -0.25) is 0 Å². The Morgan fingerprint density at radius 2 is 2.23 bits per heavy atom. The molecule has 1 fully saturated rings. The van der Waals surface area contributed by atoms with Crippen LogP contribution < -0.4 is 0 Å². The van der Waals surface area contributed by atoms with E-state index in [0.29, 0.717) is 0 Å². The van der Waals surface area contributed by atoms with Crippen molar-refractivity contribution in [3.63, 3.8) is 0 Å². The second kappa shape index (κ2) is 2.99. The quantitative estimate of drug-likeness (QED) is 0.643. The smallest absolute Gasteiger partial charge is 0.130 e. The molecule has 68 valence electrons. The van der Waals surface area contributed by atoms with Crippen molar-refractivity contribution in [3.8, 4) is 0 Å². The number of carbonyl (C=O) groups excluding carboxylic acids is 1. The molecule has 1 heteroatoms. The Labute approximate surface area is 78.8 Å². The molecule has 0 unspecified atom stereocenters. The van der Waals surface area contributed by atoms with E-state index in [-0.39, 0.29) is 5.41 Å². The van der Waals surface area contributed by atoms with Gasteiger partial charge in [0.25, 0.3) is 0 Å². The number of aryl methyl sites for hydroxylation is 1. The number of aldehydes is 1. The number of hydrogen-bond acceptors (Lipinski definition) is 1. The molecule has 0 aliphatic heterocycles. The Kier molecular flexibility index (Phi) is 1.95. The van der Waals surface area contributed by atoms with Crippen LogP contribution in [-0.4, -0.2) is 6.29 Å². The van der Waals surface area contributed by atoms with Gasteiger partial charge in [-0.15, -0.1) is 0 Å². The summed E-state index contributed by atoms with van der Waals surface area (Å²) in [6, 6.07) is 8.41. The molecule has 1 aromatic carbocycles. The molecule has 0 radical (unpaired) electrons. The van der Waals surface area contributed by atoms with Gasteiger partial charge in [-0.1, -0.05) is 31.2 Å². The van der Waals surface area contributed by atoms with Gasteiger partial charge < -0.3 is 4.79 Å². The lowest BCUT2D eigenvalue weighted by molar-refractivity contribution is -0.109. The number of hydrogen-bond donors (Lipinski definition) is 0. The van der Waals surface area contributed by atoms with Crippen molar-refractivity contribution in [1.29, 1.82) is 0 Å². The molecule has 1 nitrogen and oxygen atoms in total. The van der Waals surface area contributed by atoms with Crippen LogP contribution >= 0.6 is 0 Å². The minimum atomic E-state index is -0.106. The molecular formula is C12H14O. The van der Waals surface area contributed by atoms with Crippen LogP contribution in [0, 0.1) is 0 Å². The molecule has 0 spiro atoms. The molecule has 1 saturated carbocycles. The Morgan fingerprint density at radius 1 is 1.46 bits per heavy atom. The monoisotopic (exact) mass is 174 g/mol. The number of carbonyl (C=O) groups is 1. The summed E-state index contributed by atoms with van der Waals surface area (Å²) < 4.78 is 0. The maximum Gasteiger partial charge on any atom is 0.130 e. The molecular weight excluding hydrogens is 160 g/mol. The Hall–Kier alpha value is -1.11. The minimum Gasteiger partial charge on any atom is -0.302 e. The van der Waals surface area contributed by atoms with E-state index in [0.717, 1.165) is 25.5 Å². The number of benzene rings is 1. The average molecular weight is 174 g/mol. The largest absolute Gasteiger partial charge is 0.302 e. The highest BCUT2D eigenvalue weighted by Crippen LogP contribution is 2.46. The van der Waals surface area contributed by atoms with Gasteiger partial charge >= 0.3 is 0 Å². The lowest BCUT2D eigenvalue weighted by atomic mass is 9.95. The fraction of sp³-hybridized carbons (Fsp3) is 0.417. The SMILES string of the molecule is CCc1cccc(C2(C=O)CC2)c1. The van der Waals surface area contributed by atoms with E-state index >= 15 is 0 Å².